The van der Waals surface area contributed by atoms with Crippen LogP contribution >= 0.6 is 0 Å². The summed E-state index contributed by atoms with van der Waals surface area (Å²) in [6.07, 6.45) is 2.97. The van der Waals surface area contributed by atoms with Gasteiger partial charge in [0.2, 0.25) is 0 Å². The summed E-state index contributed by atoms with van der Waals surface area (Å²) in [6.45, 7) is 5.59. The van der Waals surface area contributed by atoms with Gasteiger partial charge in [0.1, 0.15) is 0 Å². The van der Waals surface area contributed by atoms with E-state index in [1.807, 2.05) is 63.2 Å². The van der Waals surface area contributed by atoms with Crippen LogP contribution in [0.1, 0.15) is 22.3 Å². The summed E-state index contributed by atoms with van der Waals surface area (Å²) in [4.78, 5) is 23.6. The number of esters is 1. The van der Waals surface area contributed by atoms with E-state index in [0.29, 0.717) is 0 Å². The second-order valence-electron chi connectivity index (χ2n) is 5.65. The Balaban J connectivity index is 1.84. The number of amides is 1. The first-order valence-electron chi connectivity index (χ1n) is 7.73. The zero-order valence-electron chi connectivity index (χ0n) is 14.1. The highest BCUT2D eigenvalue weighted by Crippen LogP contribution is 2.17. The summed E-state index contributed by atoms with van der Waals surface area (Å²) in [5.74, 6) is -0.910. The van der Waals surface area contributed by atoms with Crippen LogP contribution in [-0.2, 0) is 14.3 Å². The van der Waals surface area contributed by atoms with Crippen LogP contribution < -0.4 is 5.32 Å². The molecule has 0 aliphatic carbocycles. The molecule has 0 atom stereocenters. The van der Waals surface area contributed by atoms with Gasteiger partial charge in [0.05, 0.1) is 0 Å². The highest BCUT2D eigenvalue weighted by Gasteiger charge is 2.08. The van der Waals surface area contributed by atoms with Gasteiger partial charge in [0, 0.05) is 11.8 Å². The first kappa shape index (κ1) is 17.5. The number of hydrogen-bond donors (Lipinski definition) is 1. The van der Waals surface area contributed by atoms with Gasteiger partial charge in [-0.3, -0.25) is 4.79 Å². The molecule has 2 aromatic carbocycles. The monoisotopic (exact) mass is 323 g/mol. The maximum absolute atomic E-state index is 11.9. The molecule has 0 spiro atoms. The van der Waals surface area contributed by atoms with Crippen molar-refractivity contribution in [1.82, 2.24) is 0 Å². The molecule has 0 aliphatic heterocycles. The lowest BCUT2D eigenvalue weighted by Gasteiger charge is -2.10. The lowest BCUT2D eigenvalue weighted by atomic mass is 10.1. The summed E-state index contributed by atoms with van der Waals surface area (Å²) >= 11 is 0. The minimum atomic E-state index is -0.549. The van der Waals surface area contributed by atoms with E-state index in [1.54, 1.807) is 6.08 Å². The molecule has 2 rings (SSSR count). The molecule has 0 radical (unpaired) electrons. The van der Waals surface area contributed by atoms with Gasteiger partial charge < -0.3 is 10.1 Å². The Morgan fingerprint density at radius 3 is 2.46 bits per heavy atom. The highest BCUT2D eigenvalue weighted by atomic mass is 16.5. The lowest BCUT2D eigenvalue weighted by Crippen LogP contribution is -2.20. The maximum Gasteiger partial charge on any atom is 0.331 e. The molecule has 4 nitrogen and oxygen atoms in total. The van der Waals surface area contributed by atoms with Crippen molar-refractivity contribution in [3.8, 4) is 0 Å². The number of anilines is 1. The third kappa shape index (κ3) is 5.09. The van der Waals surface area contributed by atoms with Gasteiger partial charge in [0.15, 0.2) is 6.61 Å². The van der Waals surface area contributed by atoms with Gasteiger partial charge in [-0.05, 0) is 49.6 Å². The van der Waals surface area contributed by atoms with Crippen LogP contribution in [0.4, 0.5) is 5.69 Å². The molecule has 1 amide bonds. The van der Waals surface area contributed by atoms with Crippen molar-refractivity contribution in [2.24, 2.45) is 0 Å². The topological polar surface area (TPSA) is 55.4 Å². The molecule has 0 heterocycles. The van der Waals surface area contributed by atoms with Crippen molar-refractivity contribution in [3.63, 3.8) is 0 Å². The van der Waals surface area contributed by atoms with Crippen molar-refractivity contribution in [2.75, 3.05) is 11.9 Å². The summed E-state index contributed by atoms with van der Waals surface area (Å²) in [5.41, 5.74) is 4.86. The van der Waals surface area contributed by atoms with Gasteiger partial charge in [-0.2, -0.15) is 0 Å². The van der Waals surface area contributed by atoms with Crippen LogP contribution in [0.25, 0.3) is 6.08 Å². The molecule has 0 aromatic heterocycles. The van der Waals surface area contributed by atoms with Crippen LogP contribution in [0.5, 0.6) is 0 Å². The number of hydrogen-bond acceptors (Lipinski definition) is 3. The largest absolute Gasteiger partial charge is 0.452 e. The van der Waals surface area contributed by atoms with Crippen molar-refractivity contribution in [2.45, 2.75) is 20.8 Å². The van der Waals surface area contributed by atoms with E-state index in [-0.39, 0.29) is 12.5 Å². The van der Waals surface area contributed by atoms with Crippen molar-refractivity contribution in [3.05, 3.63) is 70.8 Å². The van der Waals surface area contributed by atoms with E-state index in [1.165, 1.54) is 6.08 Å². The van der Waals surface area contributed by atoms with E-state index in [0.717, 1.165) is 27.9 Å². The SMILES string of the molecule is Cc1ccc(/C=C\C(=O)OCC(=O)Nc2cccc(C)c2C)cc1. The third-order valence-electron chi connectivity index (χ3n) is 3.71. The first-order valence-corrected chi connectivity index (χ1v) is 7.73. The minimum absolute atomic E-state index is 0.315. The molecule has 0 saturated carbocycles. The molecular formula is C20H21NO3. The predicted octanol–water partition coefficient (Wildman–Crippen LogP) is 3.81. The van der Waals surface area contributed by atoms with Crippen LogP contribution in [0.15, 0.2) is 48.5 Å². The van der Waals surface area contributed by atoms with E-state index >= 15 is 0 Å². The molecule has 1 N–H and O–H groups in total. The molecular weight excluding hydrogens is 302 g/mol. The number of benzene rings is 2. The fourth-order valence-electron chi connectivity index (χ4n) is 2.10. The third-order valence-corrected chi connectivity index (χ3v) is 3.71. The normalized spacial score (nSPS) is 10.6. The molecule has 24 heavy (non-hydrogen) atoms. The molecule has 0 bridgehead atoms. The van der Waals surface area contributed by atoms with Gasteiger partial charge in [0.25, 0.3) is 5.91 Å². The Morgan fingerprint density at radius 1 is 1.04 bits per heavy atom. The van der Waals surface area contributed by atoms with Crippen LogP contribution in [0.2, 0.25) is 0 Å². The quantitative estimate of drug-likeness (QED) is 0.672. The highest BCUT2D eigenvalue weighted by molar-refractivity contribution is 5.95. The molecule has 0 saturated heterocycles. The van der Waals surface area contributed by atoms with Crippen molar-refractivity contribution in [1.29, 1.82) is 0 Å². The number of carbonyl (C=O) groups is 2. The van der Waals surface area contributed by atoms with E-state index in [2.05, 4.69) is 5.32 Å². The van der Waals surface area contributed by atoms with Gasteiger partial charge in [-0.25, -0.2) is 4.79 Å². The molecule has 0 aliphatic rings. The van der Waals surface area contributed by atoms with E-state index < -0.39 is 5.97 Å². The second-order valence-corrected chi connectivity index (χ2v) is 5.65. The van der Waals surface area contributed by atoms with E-state index in [4.69, 9.17) is 4.74 Å². The van der Waals surface area contributed by atoms with Crippen LogP contribution in [0.3, 0.4) is 0 Å². The molecule has 0 unspecified atom stereocenters. The van der Waals surface area contributed by atoms with Gasteiger partial charge >= 0.3 is 5.97 Å². The number of aryl methyl sites for hydroxylation is 2. The standard InChI is InChI=1S/C20H21NO3/c1-14-7-9-17(10-8-14)11-12-20(23)24-13-19(22)21-18-6-4-5-15(2)16(18)3/h4-12H,13H2,1-3H3,(H,21,22)/b12-11-. The van der Waals surface area contributed by atoms with Crippen molar-refractivity contribution >= 4 is 23.6 Å². The molecule has 2 aromatic rings. The Bertz CT molecular complexity index is 761. The lowest BCUT2D eigenvalue weighted by molar-refractivity contribution is -0.142. The zero-order chi connectivity index (χ0) is 17.5. The summed E-state index contributed by atoms with van der Waals surface area (Å²) in [6, 6.07) is 13.4. The molecule has 124 valence electrons. The second kappa shape index (κ2) is 8.11. The Hall–Kier alpha value is -2.88. The Kier molecular flexibility index (Phi) is 5.90. The minimum Gasteiger partial charge on any atom is -0.452 e. The summed E-state index contributed by atoms with van der Waals surface area (Å²) < 4.78 is 4.95. The molecule has 0 fully saturated rings. The van der Waals surface area contributed by atoms with Gasteiger partial charge in [-0.15, -0.1) is 0 Å². The average Bonchev–Trinajstić information content (AvgIpc) is 2.56. The predicted molar refractivity (Wildman–Crippen MR) is 95.7 cm³/mol. The number of rotatable bonds is 5. The number of nitrogens with one attached hydrogen (secondary N) is 1. The average molecular weight is 323 g/mol. The number of carbonyl (C=O) groups excluding carboxylic acids is 2. The zero-order valence-corrected chi connectivity index (χ0v) is 14.1. The van der Waals surface area contributed by atoms with Crippen LogP contribution in [0, 0.1) is 20.8 Å². The Labute approximate surface area is 142 Å². The summed E-state index contributed by atoms with van der Waals surface area (Å²) in [5, 5.41) is 2.75. The summed E-state index contributed by atoms with van der Waals surface area (Å²) in [7, 11) is 0. The number of ether oxygens (including phenoxy) is 1. The van der Waals surface area contributed by atoms with E-state index in [9.17, 15) is 9.59 Å². The van der Waals surface area contributed by atoms with Gasteiger partial charge in [-0.1, -0.05) is 42.0 Å². The van der Waals surface area contributed by atoms with Crippen molar-refractivity contribution < 1.29 is 14.3 Å². The first-order chi connectivity index (χ1) is 11.5. The fraction of sp³-hybridized carbons (Fsp3) is 0.200. The Morgan fingerprint density at radius 2 is 1.75 bits per heavy atom. The van der Waals surface area contributed by atoms with Crippen LogP contribution in [-0.4, -0.2) is 18.5 Å². The smallest absolute Gasteiger partial charge is 0.331 e. The fourth-order valence-corrected chi connectivity index (χ4v) is 2.10. The maximum atomic E-state index is 11.9. The molecule has 4 heteroatoms.